The fourth-order valence-electron chi connectivity index (χ4n) is 2.21. The van der Waals surface area contributed by atoms with E-state index in [4.69, 9.17) is 9.47 Å². The van der Waals surface area contributed by atoms with Crippen LogP contribution in [-0.2, 0) is 9.47 Å². The number of nitrogens with zero attached hydrogens (tertiary/aromatic N) is 1. The fraction of sp³-hybridized carbons (Fsp3) is 1.00. The normalized spacial score (nSPS) is 13.6. The van der Waals surface area contributed by atoms with Gasteiger partial charge < -0.3 is 9.47 Å². The lowest BCUT2D eigenvalue weighted by Crippen LogP contribution is -2.46. The molecular weight excluding hydrogens is 238 g/mol. The number of hydrogen-bond acceptors (Lipinski definition) is 3. The Morgan fingerprint density at radius 3 is 1.89 bits per heavy atom. The molecule has 0 aromatic rings. The van der Waals surface area contributed by atoms with Gasteiger partial charge in [-0.15, -0.1) is 0 Å². The van der Waals surface area contributed by atoms with Crippen LogP contribution in [0.2, 0.25) is 0 Å². The third-order valence-electron chi connectivity index (χ3n) is 2.94. The highest BCUT2D eigenvalue weighted by Gasteiger charge is 2.22. The van der Waals surface area contributed by atoms with Gasteiger partial charge in [0.15, 0.2) is 0 Å². The molecule has 0 aromatic heterocycles. The minimum absolute atomic E-state index is 0.0654. The van der Waals surface area contributed by atoms with Crippen molar-refractivity contribution >= 4 is 0 Å². The van der Waals surface area contributed by atoms with Gasteiger partial charge >= 0.3 is 0 Å². The van der Waals surface area contributed by atoms with Crippen molar-refractivity contribution in [2.45, 2.75) is 79.0 Å². The van der Waals surface area contributed by atoms with Gasteiger partial charge in [0.2, 0.25) is 0 Å². The van der Waals surface area contributed by atoms with Gasteiger partial charge in [-0.2, -0.15) is 0 Å². The first-order chi connectivity index (χ1) is 8.54. The molecule has 0 aliphatic carbocycles. The molecule has 3 heteroatoms. The highest BCUT2D eigenvalue weighted by Crippen LogP contribution is 2.17. The molecule has 19 heavy (non-hydrogen) atoms. The van der Waals surface area contributed by atoms with Crippen LogP contribution in [0.15, 0.2) is 0 Å². The van der Waals surface area contributed by atoms with E-state index in [2.05, 4.69) is 60.3 Å². The van der Waals surface area contributed by atoms with Gasteiger partial charge in [0.05, 0.1) is 18.8 Å². The van der Waals surface area contributed by atoms with E-state index in [-0.39, 0.29) is 11.1 Å². The van der Waals surface area contributed by atoms with Crippen LogP contribution in [0, 0.1) is 0 Å². The van der Waals surface area contributed by atoms with Gasteiger partial charge in [0.1, 0.15) is 0 Å². The molecule has 0 N–H and O–H groups in total. The van der Waals surface area contributed by atoms with Gasteiger partial charge in [-0.25, -0.2) is 0 Å². The molecule has 0 radical (unpaired) electrons. The second-order valence-corrected chi connectivity index (χ2v) is 7.38. The molecule has 0 spiro atoms. The fourth-order valence-corrected chi connectivity index (χ4v) is 2.21. The molecule has 0 unspecified atom stereocenters. The Bertz CT molecular complexity index is 226. The van der Waals surface area contributed by atoms with Crippen LogP contribution in [-0.4, -0.2) is 48.4 Å². The lowest BCUT2D eigenvalue weighted by atomic mass is 10.0. The van der Waals surface area contributed by atoms with Crippen LogP contribution in [0.1, 0.15) is 61.8 Å². The highest BCUT2D eigenvalue weighted by molar-refractivity contribution is 4.78. The zero-order valence-electron chi connectivity index (χ0n) is 14.4. The number of rotatable bonds is 8. The maximum Gasteiger partial charge on any atom is 0.0707 e. The Morgan fingerprint density at radius 2 is 1.47 bits per heavy atom. The predicted molar refractivity (Wildman–Crippen MR) is 82.7 cm³/mol. The lowest BCUT2D eigenvalue weighted by Gasteiger charge is -2.39. The van der Waals surface area contributed by atoms with Gasteiger partial charge in [-0.3, -0.25) is 4.90 Å². The van der Waals surface area contributed by atoms with Crippen molar-refractivity contribution < 1.29 is 9.47 Å². The molecule has 0 atom stereocenters. The molecule has 116 valence electrons. The van der Waals surface area contributed by atoms with E-state index in [1.54, 1.807) is 0 Å². The predicted octanol–water partition coefficient (Wildman–Crippen LogP) is 3.72. The Labute approximate surface area is 120 Å². The number of ether oxygens (including phenoxy) is 2. The summed E-state index contributed by atoms with van der Waals surface area (Å²) < 4.78 is 11.2. The van der Waals surface area contributed by atoms with Crippen LogP contribution in [0.3, 0.4) is 0 Å². The Morgan fingerprint density at radius 1 is 0.895 bits per heavy atom. The van der Waals surface area contributed by atoms with Gasteiger partial charge in [0.25, 0.3) is 0 Å². The van der Waals surface area contributed by atoms with Crippen LogP contribution < -0.4 is 0 Å². The third kappa shape index (κ3) is 10.3. The van der Waals surface area contributed by atoms with Gasteiger partial charge in [-0.05, 0) is 61.8 Å². The van der Waals surface area contributed by atoms with Gasteiger partial charge in [-0.1, -0.05) is 0 Å². The van der Waals surface area contributed by atoms with E-state index in [0.29, 0.717) is 19.3 Å². The third-order valence-corrected chi connectivity index (χ3v) is 2.94. The van der Waals surface area contributed by atoms with Crippen molar-refractivity contribution in [3.05, 3.63) is 0 Å². The standard InChI is InChI=1S/C16H35NO2/c1-14(2)17(15(3,4)5)10-9-11-18-12-13-19-16(6,7)8/h14H,9-13H2,1-8H3. The van der Waals surface area contributed by atoms with Crippen molar-refractivity contribution in [3.63, 3.8) is 0 Å². The van der Waals surface area contributed by atoms with E-state index < -0.39 is 0 Å². The quantitative estimate of drug-likeness (QED) is 0.629. The monoisotopic (exact) mass is 273 g/mol. The lowest BCUT2D eigenvalue weighted by molar-refractivity contribution is -0.0365. The molecule has 0 aliphatic heterocycles. The summed E-state index contributed by atoms with van der Waals surface area (Å²) in [7, 11) is 0. The summed E-state index contributed by atoms with van der Waals surface area (Å²) in [6.07, 6.45) is 1.07. The summed E-state index contributed by atoms with van der Waals surface area (Å²) in [5, 5.41) is 0. The van der Waals surface area contributed by atoms with Crippen molar-refractivity contribution in [1.82, 2.24) is 4.90 Å². The highest BCUT2D eigenvalue weighted by atomic mass is 16.5. The molecular formula is C16H35NO2. The molecule has 0 saturated heterocycles. The minimum Gasteiger partial charge on any atom is -0.379 e. The first-order valence-electron chi connectivity index (χ1n) is 7.52. The molecule has 0 aliphatic rings. The minimum atomic E-state index is -0.0654. The Balaban J connectivity index is 3.68. The second-order valence-electron chi connectivity index (χ2n) is 7.38. The van der Waals surface area contributed by atoms with Crippen LogP contribution >= 0.6 is 0 Å². The van der Waals surface area contributed by atoms with E-state index in [9.17, 15) is 0 Å². The van der Waals surface area contributed by atoms with Crippen LogP contribution in [0.4, 0.5) is 0 Å². The van der Waals surface area contributed by atoms with Crippen molar-refractivity contribution in [1.29, 1.82) is 0 Å². The molecule has 3 nitrogen and oxygen atoms in total. The van der Waals surface area contributed by atoms with E-state index in [0.717, 1.165) is 19.6 Å². The van der Waals surface area contributed by atoms with E-state index in [1.165, 1.54) is 0 Å². The molecule has 0 saturated carbocycles. The summed E-state index contributed by atoms with van der Waals surface area (Å²) in [4.78, 5) is 2.52. The molecule has 0 rings (SSSR count). The largest absolute Gasteiger partial charge is 0.379 e. The van der Waals surface area contributed by atoms with E-state index in [1.807, 2.05) is 0 Å². The first-order valence-corrected chi connectivity index (χ1v) is 7.52. The smallest absolute Gasteiger partial charge is 0.0707 e. The van der Waals surface area contributed by atoms with Crippen molar-refractivity contribution in [2.75, 3.05) is 26.4 Å². The summed E-state index contributed by atoms with van der Waals surface area (Å²) in [5.41, 5.74) is 0.160. The molecule has 0 amide bonds. The molecule has 0 fully saturated rings. The Kier molecular flexibility index (Phi) is 8.18. The topological polar surface area (TPSA) is 21.7 Å². The SMILES string of the molecule is CC(C)N(CCCOCCOC(C)(C)C)C(C)(C)C. The van der Waals surface area contributed by atoms with Crippen molar-refractivity contribution in [2.24, 2.45) is 0 Å². The zero-order chi connectivity index (χ0) is 15.1. The maximum atomic E-state index is 5.62. The first kappa shape index (κ1) is 18.9. The second kappa shape index (κ2) is 8.23. The maximum absolute atomic E-state index is 5.62. The zero-order valence-corrected chi connectivity index (χ0v) is 14.4. The van der Waals surface area contributed by atoms with Crippen LogP contribution in [0.25, 0.3) is 0 Å². The molecule has 0 bridgehead atoms. The summed E-state index contributed by atoms with van der Waals surface area (Å²) in [6, 6.07) is 0.573. The molecule has 0 aromatic carbocycles. The molecule has 0 heterocycles. The summed E-state index contributed by atoms with van der Waals surface area (Å²) in [5.74, 6) is 0. The summed E-state index contributed by atoms with van der Waals surface area (Å²) >= 11 is 0. The summed E-state index contributed by atoms with van der Waals surface area (Å²) in [6.45, 7) is 20.8. The van der Waals surface area contributed by atoms with Crippen LogP contribution in [0.5, 0.6) is 0 Å². The average molecular weight is 273 g/mol. The Hall–Kier alpha value is -0.120. The van der Waals surface area contributed by atoms with E-state index >= 15 is 0 Å². The van der Waals surface area contributed by atoms with Crippen molar-refractivity contribution in [3.8, 4) is 0 Å². The average Bonchev–Trinajstić information content (AvgIpc) is 2.17. The number of hydrogen-bond donors (Lipinski definition) is 0. The van der Waals surface area contributed by atoms with Gasteiger partial charge in [0, 0.05) is 24.7 Å².